The standard InChI is InChI=1S/C29H35ClF3N5O3S/c1-17-2-6-37(7-3-17)27(40)19(10-18-11-22(29(31,32)33)26(34)23(30)12-18)13-25(39)36-8-4-21(5-9-36)38-14-20-15-42-16-24(20)35-28(38)41/h11-12,15-17,19,21H,2-10,13-14,34H2,1H3,(H,35,41)/t19-/m0/s1. The second kappa shape index (κ2) is 12.3. The lowest BCUT2D eigenvalue weighted by atomic mass is 9.90. The Balaban J connectivity index is 1.28. The number of nitrogens with two attached hydrogens (primary N) is 1. The average Bonchev–Trinajstić information content (AvgIpc) is 3.40. The van der Waals surface area contributed by atoms with E-state index in [2.05, 4.69) is 12.2 Å². The van der Waals surface area contributed by atoms with Gasteiger partial charge in [-0.05, 0) is 61.1 Å². The van der Waals surface area contributed by atoms with Crippen molar-refractivity contribution in [1.29, 1.82) is 0 Å². The summed E-state index contributed by atoms with van der Waals surface area (Å²) < 4.78 is 40.9. The lowest BCUT2D eigenvalue weighted by Gasteiger charge is -2.40. The van der Waals surface area contributed by atoms with Gasteiger partial charge in [0.2, 0.25) is 11.8 Å². The minimum Gasteiger partial charge on any atom is -0.397 e. The van der Waals surface area contributed by atoms with Crippen molar-refractivity contribution in [3.63, 3.8) is 0 Å². The van der Waals surface area contributed by atoms with Crippen LogP contribution in [0.5, 0.6) is 0 Å². The van der Waals surface area contributed by atoms with E-state index < -0.39 is 23.3 Å². The van der Waals surface area contributed by atoms with E-state index in [-0.39, 0.29) is 47.3 Å². The van der Waals surface area contributed by atoms with Gasteiger partial charge in [0.05, 0.1) is 34.4 Å². The summed E-state index contributed by atoms with van der Waals surface area (Å²) in [6.45, 7) is 4.61. The third kappa shape index (κ3) is 6.64. The normalized spacial score (nSPS) is 19.5. The van der Waals surface area contributed by atoms with Gasteiger partial charge >= 0.3 is 12.2 Å². The number of urea groups is 1. The molecular weight excluding hydrogens is 591 g/mol. The topological polar surface area (TPSA) is 99.0 Å². The highest BCUT2D eigenvalue weighted by atomic mass is 35.5. The number of piperidine rings is 2. The number of carbonyl (C=O) groups is 3. The van der Waals surface area contributed by atoms with Crippen LogP contribution >= 0.6 is 22.9 Å². The third-order valence-electron chi connectivity index (χ3n) is 8.69. The van der Waals surface area contributed by atoms with Crippen LogP contribution < -0.4 is 11.1 Å². The first-order chi connectivity index (χ1) is 19.9. The van der Waals surface area contributed by atoms with Gasteiger partial charge in [0.1, 0.15) is 0 Å². The number of fused-ring (bicyclic) bond motifs is 1. The molecule has 3 N–H and O–H groups in total. The summed E-state index contributed by atoms with van der Waals surface area (Å²) in [4.78, 5) is 45.1. The number of nitrogens with one attached hydrogen (secondary N) is 1. The van der Waals surface area contributed by atoms with Crippen molar-refractivity contribution in [3.8, 4) is 0 Å². The van der Waals surface area contributed by atoms with Crippen LogP contribution in [-0.2, 0) is 28.7 Å². The molecule has 0 radical (unpaired) electrons. The number of hydrogen-bond donors (Lipinski definition) is 2. The van der Waals surface area contributed by atoms with Crippen LogP contribution in [0.4, 0.5) is 29.3 Å². The molecule has 5 rings (SSSR count). The van der Waals surface area contributed by atoms with Gasteiger partial charge < -0.3 is 25.8 Å². The van der Waals surface area contributed by atoms with Crippen molar-refractivity contribution in [2.75, 3.05) is 37.2 Å². The van der Waals surface area contributed by atoms with Crippen LogP contribution in [0, 0.1) is 11.8 Å². The number of nitrogen functional groups attached to an aromatic ring is 1. The molecule has 0 unspecified atom stereocenters. The number of nitrogens with zero attached hydrogens (tertiary/aromatic N) is 3. The number of alkyl halides is 3. The minimum absolute atomic E-state index is 0.0208. The predicted molar refractivity (Wildman–Crippen MR) is 156 cm³/mol. The summed E-state index contributed by atoms with van der Waals surface area (Å²) in [7, 11) is 0. The maximum Gasteiger partial charge on any atom is 0.418 e. The molecule has 42 heavy (non-hydrogen) atoms. The molecule has 0 aliphatic carbocycles. The molecule has 2 aromatic rings. The van der Waals surface area contributed by atoms with Gasteiger partial charge in [-0.1, -0.05) is 18.5 Å². The van der Waals surface area contributed by atoms with E-state index in [1.807, 2.05) is 15.7 Å². The quantitative estimate of drug-likeness (QED) is 0.394. The Hall–Kier alpha value is -2.99. The third-order valence-corrected chi connectivity index (χ3v) is 9.79. The van der Waals surface area contributed by atoms with E-state index in [1.54, 1.807) is 9.80 Å². The van der Waals surface area contributed by atoms with Crippen molar-refractivity contribution in [2.24, 2.45) is 11.8 Å². The number of rotatable bonds is 6. The fourth-order valence-corrected chi connectivity index (χ4v) is 7.13. The molecule has 3 aliphatic heterocycles. The molecule has 1 aromatic carbocycles. The molecule has 2 saturated heterocycles. The van der Waals surface area contributed by atoms with Crippen LogP contribution in [0.1, 0.15) is 55.7 Å². The van der Waals surface area contributed by atoms with E-state index >= 15 is 0 Å². The molecule has 0 bridgehead atoms. The lowest BCUT2D eigenvalue weighted by Crippen LogP contribution is -2.51. The van der Waals surface area contributed by atoms with Crippen LogP contribution in [0.2, 0.25) is 5.02 Å². The zero-order chi connectivity index (χ0) is 30.2. The smallest absolute Gasteiger partial charge is 0.397 e. The first kappa shape index (κ1) is 30.5. The molecule has 4 heterocycles. The highest BCUT2D eigenvalue weighted by molar-refractivity contribution is 7.08. The number of amides is 4. The lowest BCUT2D eigenvalue weighted by molar-refractivity contribution is -0.142. The molecule has 228 valence electrons. The van der Waals surface area contributed by atoms with Crippen molar-refractivity contribution in [3.05, 3.63) is 44.6 Å². The number of halogens is 4. The van der Waals surface area contributed by atoms with Crippen LogP contribution in [0.3, 0.4) is 0 Å². The Morgan fingerprint density at radius 1 is 1.10 bits per heavy atom. The maximum atomic E-state index is 13.7. The Morgan fingerprint density at radius 3 is 2.43 bits per heavy atom. The van der Waals surface area contributed by atoms with Gasteiger partial charge in [-0.2, -0.15) is 13.2 Å². The molecule has 8 nitrogen and oxygen atoms in total. The summed E-state index contributed by atoms with van der Waals surface area (Å²) in [6.07, 6.45) is -2.02. The van der Waals surface area contributed by atoms with Gasteiger partial charge in [-0.15, -0.1) is 11.3 Å². The highest BCUT2D eigenvalue weighted by Crippen LogP contribution is 2.39. The molecule has 1 atom stereocenters. The monoisotopic (exact) mass is 625 g/mol. The van der Waals surface area contributed by atoms with E-state index in [9.17, 15) is 27.6 Å². The zero-order valence-corrected chi connectivity index (χ0v) is 25.0. The summed E-state index contributed by atoms with van der Waals surface area (Å²) in [6, 6.07) is 2.11. The Kier molecular flexibility index (Phi) is 8.94. The number of anilines is 2. The SMILES string of the molecule is CC1CCN(C(=O)[C@H](CC(=O)N2CCC(N3Cc4cscc4NC3=O)CC2)Cc2cc(Cl)c(N)c(C(F)(F)F)c2)CC1. The van der Waals surface area contributed by atoms with Crippen LogP contribution in [0.15, 0.2) is 22.9 Å². The fraction of sp³-hybridized carbons (Fsp3) is 0.552. The predicted octanol–water partition coefficient (Wildman–Crippen LogP) is 5.85. The molecule has 2 fully saturated rings. The summed E-state index contributed by atoms with van der Waals surface area (Å²) in [5.41, 5.74) is 6.13. The molecule has 3 aliphatic rings. The number of likely N-dealkylation sites (tertiary alicyclic amines) is 2. The maximum absolute atomic E-state index is 13.7. The van der Waals surface area contributed by atoms with E-state index in [0.717, 1.165) is 30.2 Å². The molecular formula is C29H35ClF3N5O3S. The number of benzene rings is 1. The Bertz CT molecular complexity index is 1340. The average molecular weight is 626 g/mol. The number of hydrogen-bond acceptors (Lipinski definition) is 5. The Morgan fingerprint density at radius 2 is 1.76 bits per heavy atom. The second-order valence-electron chi connectivity index (χ2n) is 11.6. The molecule has 13 heteroatoms. The fourth-order valence-electron chi connectivity index (χ4n) is 6.10. The van der Waals surface area contributed by atoms with E-state index in [0.29, 0.717) is 51.5 Å². The second-order valence-corrected chi connectivity index (χ2v) is 12.8. The summed E-state index contributed by atoms with van der Waals surface area (Å²) >= 11 is 7.60. The first-order valence-electron chi connectivity index (χ1n) is 14.2. The van der Waals surface area contributed by atoms with Gasteiger partial charge in [-0.25, -0.2) is 4.79 Å². The number of carbonyl (C=O) groups excluding carboxylic acids is 3. The zero-order valence-electron chi connectivity index (χ0n) is 23.4. The largest absolute Gasteiger partial charge is 0.418 e. The number of thiophene rings is 1. The van der Waals surface area contributed by atoms with Gasteiger partial charge in [0, 0.05) is 49.6 Å². The van der Waals surface area contributed by atoms with Gasteiger partial charge in [-0.3, -0.25) is 9.59 Å². The van der Waals surface area contributed by atoms with Crippen molar-refractivity contribution in [1.82, 2.24) is 14.7 Å². The summed E-state index contributed by atoms with van der Waals surface area (Å²) in [5, 5.41) is 6.62. The van der Waals surface area contributed by atoms with Crippen molar-refractivity contribution in [2.45, 2.75) is 64.2 Å². The minimum atomic E-state index is -4.71. The molecule has 0 saturated carbocycles. The molecule has 0 spiro atoms. The summed E-state index contributed by atoms with van der Waals surface area (Å²) in [5.74, 6) is -0.815. The van der Waals surface area contributed by atoms with Gasteiger partial charge in [0.15, 0.2) is 0 Å². The molecule has 4 amide bonds. The van der Waals surface area contributed by atoms with E-state index in [1.165, 1.54) is 17.4 Å². The van der Waals surface area contributed by atoms with E-state index in [4.69, 9.17) is 17.3 Å². The van der Waals surface area contributed by atoms with Gasteiger partial charge in [0.25, 0.3) is 0 Å². The van der Waals surface area contributed by atoms with Crippen LogP contribution in [-0.4, -0.2) is 64.8 Å². The van der Waals surface area contributed by atoms with Crippen molar-refractivity contribution < 1.29 is 27.6 Å². The van der Waals surface area contributed by atoms with Crippen LogP contribution in [0.25, 0.3) is 0 Å². The highest BCUT2D eigenvalue weighted by Gasteiger charge is 2.37. The molecule has 1 aromatic heterocycles. The first-order valence-corrected chi connectivity index (χ1v) is 15.6. The van der Waals surface area contributed by atoms with Crippen molar-refractivity contribution >= 4 is 52.2 Å². The Labute approximate surface area is 251 Å².